The van der Waals surface area contributed by atoms with Gasteiger partial charge in [0.1, 0.15) is 18.3 Å². The van der Waals surface area contributed by atoms with E-state index in [1.807, 2.05) is 12.1 Å². The van der Waals surface area contributed by atoms with Crippen LogP contribution in [0.1, 0.15) is 17.5 Å². The normalized spacial score (nSPS) is 13.9. The molecule has 4 nitrogen and oxygen atoms in total. The van der Waals surface area contributed by atoms with Crippen LogP contribution in [0.3, 0.4) is 0 Å². The van der Waals surface area contributed by atoms with Gasteiger partial charge in [-0.05, 0) is 30.7 Å². The number of halogens is 2. The molecule has 6 heteroatoms. The topological polar surface area (TPSA) is 42.8 Å². The van der Waals surface area contributed by atoms with Crippen molar-refractivity contribution in [3.8, 4) is 11.5 Å². The molecule has 1 N–H and O–H groups in total. The van der Waals surface area contributed by atoms with E-state index in [1.54, 1.807) is 25.3 Å². The highest BCUT2D eigenvalue weighted by molar-refractivity contribution is 6.31. The second kappa shape index (κ2) is 7.53. The summed E-state index contributed by atoms with van der Waals surface area (Å²) in [5.74, 6) is 1.45. The molecule has 2 aromatic rings. The van der Waals surface area contributed by atoms with Gasteiger partial charge in [-0.15, -0.1) is 0 Å². The molecule has 0 aromatic heterocycles. The summed E-state index contributed by atoms with van der Waals surface area (Å²) >= 11 is 6.07. The molecule has 1 aliphatic heterocycles. The van der Waals surface area contributed by atoms with E-state index in [4.69, 9.17) is 21.1 Å². The summed E-state index contributed by atoms with van der Waals surface area (Å²) in [5.41, 5.74) is 1.11. The smallest absolute Gasteiger partial charge is 0.172 e. The van der Waals surface area contributed by atoms with Crippen molar-refractivity contribution in [1.29, 1.82) is 0 Å². The summed E-state index contributed by atoms with van der Waals surface area (Å²) in [6.45, 7) is 1.62. The van der Waals surface area contributed by atoms with Crippen LogP contribution in [0, 0.1) is 5.82 Å². The third-order valence-corrected chi connectivity index (χ3v) is 4.13. The molecule has 0 saturated carbocycles. The minimum atomic E-state index is -0.396. The zero-order chi connectivity index (χ0) is 16.9. The largest absolute Gasteiger partial charge is 0.493 e. The Bertz CT molecular complexity index is 744. The summed E-state index contributed by atoms with van der Waals surface area (Å²) in [6.07, 6.45) is 0.995. The van der Waals surface area contributed by atoms with Crippen molar-refractivity contribution in [2.24, 2.45) is 4.99 Å². The maximum atomic E-state index is 14.0. The van der Waals surface area contributed by atoms with Gasteiger partial charge in [0.05, 0.1) is 17.7 Å². The first-order valence-electron chi connectivity index (χ1n) is 7.72. The van der Waals surface area contributed by atoms with Crippen LogP contribution in [0.4, 0.5) is 4.39 Å². The van der Waals surface area contributed by atoms with E-state index in [2.05, 4.69) is 10.3 Å². The summed E-state index contributed by atoms with van der Waals surface area (Å²) < 4.78 is 25.2. The summed E-state index contributed by atoms with van der Waals surface area (Å²) in [6, 6.07) is 10.1. The second-order valence-electron chi connectivity index (χ2n) is 5.34. The lowest BCUT2D eigenvalue weighted by molar-refractivity contribution is 0.279. The first-order chi connectivity index (χ1) is 11.7. The number of para-hydroxylation sites is 1. The minimum Gasteiger partial charge on any atom is -0.493 e. The van der Waals surface area contributed by atoms with Gasteiger partial charge in [0.25, 0.3) is 0 Å². The monoisotopic (exact) mass is 348 g/mol. The van der Waals surface area contributed by atoms with E-state index in [0.717, 1.165) is 30.9 Å². The lowest BCUT2D eigenvalue weighted by atomic mass is 10.1. The van der Waals surface area contributed by atoms with E-state index in [0.29, 0.717) is 22.1 Å². The lowest BCUT2D eigenvalue weighted by Crippen LogP contribution is -2.30. The average Bonchev–Trinajstić information content (AvgIpc) is 2.62. The molecule has 126 valence electrons. The van der Waals surface area contributed by atoms with E-state index >= 15 is 0 Å². The maximum absolute atomic E-state index is 14.0. The van der Waals surface area contributed by atoms with Crippen LogP contribution in [0.2, 0.25) is 5.02 Å². The molecule has 0 aliphatic carbocycles. The number of hydrogen-bond acceptors (Lipinski definition) is 4. The number of methoxy groups -OCH3 is 1. The van der Waals surface area contributed by atoms with Gasteiger partial charge in [-0.1, -0.05) is 23.7 Å². The van der Waals surface area contributed by atoms with Gasteiger partial charge in [0, 0.05) is 18.7 Å². The van der Waals surface area contributed by atoms with Crippen LogP contribution in [0.5, 0.6) is 11.5 Å². The maximum Gasteiger partial charge on any atom is 0.172 e. The van der Waals surface area contributed by atoms with Crippen LogP contribution >= 0.6 is 11.6 Å². The van der Waals surface area contributed by atoms with Crippen molar-refractivity contribution in [2.75, 3.05) is 20.2 Å². The number of rotatable bonds is 5. The third-order valence-electron chi connectivity index (χ3n) is 3.77. The Hall–Kier alpha value is -2.27. The Morgan fingerprint density at radius 3 is 2.79 bits per heavy atom. The van der Waals surface area contributed by atoms with Gasteiger partial charge < -0.3 is 14.8 Å². The molecule has 3 rings (SSSR count). The summed E-state index contributed by atoms with van der Waals surface area (Å²) in [7, 11) is 1.57. The number of benzene rings is 2. The van der Waals surface area contributed by atoms with Gasteiger partial charge >= 0.3 is 0 Å². The van der Waals surface area contributed by atoms with Crippen LogP contribution in [-0.2, 0) is 6.61 Å². The predicted molar refractivity (Wildman–Crippen MR) is 92.8 cm³/mol. The van der Waals surface area contributed by atoms with E-state index in [9.17, 15) is 4.39 Å². The van der Waals surface area contributed by atoms with Crippen molar-refractivity contribution in [3.63, 3.8) is 0 Å². The highest BCUT2D eigenvalue weighted by atomic mass is 35.5. The molecule has 1 heterocycles. The average molecular weight is 349 g/mol. The van der Waals surface area contributed by atoms with Gasteiger partial charge in [-0.25, -0.2) is 4.39 Å². The van der Waals surface area contributed by atoms with E-state index < -0.39 is 5.82 Å². The number of nitrogens with one attached hydrogen (secondary N) is 1. The number of hydrogen-bond donors (Lipinski definition) is 1. The molecule has 0 unspecified atom stereocenters. The predicted octanol–water partition coefficient (Wildman–Crippen LogP) is 3.81. The van der Waals surface area contributed by atoms with Crippen LogP contribution < -0.4 is 14.8 Å². The van der Waals surface area contributed by atoms with Crippen LogP contribution in [-0.4, -0.2) is 26.0 Å². The van der Waals surface area contributed by atoms with E-state index in [1.165, 1.54) is 6.07 Å². The van der Waals surface area contributed by atoms with Crippen LogP contribution in [0.25, 0.3) is 0 Å². The fraction of sp³-hybridized carbons (Fsp3) is 0.278. The van der Waals surface area contributed by atoms with Gasteiger partial charge in [0.2, 0.25) is 0 Å². The first-order valence-corrected chi connectivity index (χ1v) is 8.10. The Morgan fingerprint density at radius 2 is 2.08 bits per heavy atom. The van der Waals surface area contributed by atoms with Gasteiger partial charge in [-0.3, -0.25) is 4.99 Å². The van der Waals surface area contributed by atoms with Crippen LogP contribution in [0.15, 0.2) is 41.4 Å². The molecule has 0 radical (unpaired) electrons. The van der Waals surface area contributed by atoms with Gasteiger partial charge in [0.15, 0.2) is 11.5 Å². The fourth-order valence-corrected chi connectivity index (χ4v) is 2.76. The lowest BCUT2D eigenvalue weighted by Gasteiger charge is -2.20. The van der Waals surface area contributed by atoms with Gasteiger partial charge in [-0.2, -0.15) is 0 Å². The van der Waals surface area contributed by atoms with Crippen molar-refractivity contribution in [3.05, 3.63) is 58.4 Å². The molecule has 0 bridgehead atoms. The Labute approximate surface area is 145 Å². The molecular weight excluding hydrogens is 331 g/mol. The fourth-order valence-electron chi connectivity index (χ4n) is 2.54. The highest BCUT2D eigenvalue weighted by Gasteiger charge is 2.18. The summed E-state index contributed by atoms with van der Waals surface area (Å²) in [4.78, 5) is 4.50. The minimum absolute atomic E-state index is 0.00611. The molecule has 0 spiro atoms. The molecule has 0 atom stereocenters. The Balaban J connectivity index is 1.93. The molecule has 0 amide bonds. The quantitative estimate of drug-likeness (QED) is 0.893. The van der Waals surface area contributed by atoms with E-state index in [-0.39, 0.29) is 6.61 Å². The SMILES string of the molecule is COc1cccc(C2=NCCCN2)c1OCc1c(F)cccc1Cl. The number of ether oxygens (including phenoxy) is 2. The highest BCUT2D eigenvalue weighted by Crippen LogP contribution is 2.33. The Kier molecular flexibility index (Phi) is 5.20. The molecule has 0 fully saturated rings. The molecule has 2 aromatic carbocycles. The molecule has 1 aliphatic rings. The zero-order valence-electron chi connectivity index (χ0n) is 13.3. The molecule has 0 saturated heterocycles. The van der Waals surface area contributed by atoms with Crippen molar-refractivity contribution >= 4 is 17.4 Å². The molecular formula is C18H18ClFN2O2. The number of amidine groups is 1. The number of nitrogens with zero attached hydrogens (tertiary/aromatic N) is 1. The van der Waals surface area contributed by atoms with Crippen molar-refractivity contribution in [1.82, 2.24) is 5.32 Å². The summed E-state index contributed by atoms with van der Waals surface area (Å²) in [5, 5.41) is 3.60. The standard InChI is InChI=1S/C18H18ClFN2O2/c1-23-16-8-2-5-12(18-21-9-4-10-22-18)17(16)24-11-13-14(19)6-3-7-15(13)20/h2-3,5-8H,4,9-11H2,1H3,(H,21,22). The second-order valence-corrected chi connectivity index (χ2v) is 5.74. The molecule has 24 heavy (non-hydrogen) atoms. The van der Waals surface area contributed by atoms with Crippen molar-refractivity contribution < 1.29 is 13.9 Å². The Morgan fingerprint density at radius 1 is 1.25 bits per heavy atom. The number of aliphatic imine (C=N–C) groups is 1. The van der Waals surface area contributed by atoms with Crippen molar-refractivity contribution in [2.45, 2.75) is 13.0 Å². The third kappa shape index (κ3) is 3.46. The zero-order valence-corrected chi connectivity index (χ0v) is 14.1. The first kappa shape index (κ1) is 16.6.